The molecule has 7 heteroatoms. The van der Waals surface area contributed by atoms with Crippen molar-refractivity contribution in [3.05, 3.63) is 47.8 Å². The number of nitrogens with zero attached hydrogens (tertiary/aromatic N) is 2. The predicted octanol–water partition coefficient (Wildman–Crippen LogP) is 4.22. The smallest absolute Gasteiger partial charge is 0.338 e. The molecule has 0 aliphatic carbocycles. The van der Waals surface area contributed by atoms with Gasteiger partial charge in [-0.2, -0.15) is 0 Å². The Balaban J connectivity index is 0.000000960. The van der Waals surface area contributed by atoms with E-state index in [1.54, 1.807) is 30.3 Å². The van der Waals surface area contributed by atoms with Crippen LogP contribution in [0.25, 0.3) is 0 Å². The summed E-state index contributed by atoms with van der Waals surface area (Å²) >= 11 is 0. The van der Waals surface area contributed by atoms with Crippen molar-refractivity contribution in [3.8, 4) is 17.2 Å². The maximum absolute atomic E-state index is 11.9. The number of hydrogen-bond donors (Lipinski definition) is 0. The normalized spacial score (nSPS) is 10.6. The van der Waals surface area contributed by atoms with Crippen LogP contribution in [-0.2, 0) is 4.74 Å². The Labute approximate surface area is 172 Å². The lowest BCUT2D eigenvalue weighted by molar-refractivity contribution is 0.0597. The molecule has 0 amide bonds. The van der Waals surface area contributed by atoms with Gasteiger partial charge >= 0.3 is 5.97 Å². The maximum Gasteiger partial charge on any atom is 0.338 e. The Morgan fingerprint density at radius 2 is 1.72 bits per heavy atom. The molecule has 0 atom stereocenters. The molecule has 1 aromatic carbocycles. The molecule has 2 aromatic rings. The number of hydrogen-bond acceptors (Lipinski definition) is 7. The second kappa shape index (κ2) is 11.2. The number of benzene rings is 1. The number of aldehydes is 1. The lowest BCUT2D eigenvalue weighted by atomic mass is 10.1. The van der Waals surface area contributed by atoms with E-state index < -0.39 is 5.97 Å². The lowest BCUT2D eigenvalue weighted by Crippen LogP contribution is -2.26. The zero-order chi connectivity index (χ0) is 22.0. The van der Waals surface area contributed by atoms with Gasteiger partial charge in [0.2, 0.25) is 0 Å². The molecule has 0 fully saturated rings. The topological polar surface area (TPSA) is 78.0 Å². The van der Waals surface area contributed by atoms with Crippen molar-refractivity contribution in [2.24, 2.45) is 0 Å². The zero-order valence-electron chi connectivity index (χ0n) is 18.2. The van der Waals surface area contributed by atoms with Gasteiger partial charge in [-0.3, -0.25) is 4.79 Å². The quantitative estimate of drug-likeness (QED) is 0.507. The van der Waals surface area contributed by atoms with Gasteiger partial charge in [0.25, 0.3) is 0 Å². The molecule has 1 aromatic heterocycles. The van der Waals surface area contributed by atoms with Crippen LogP contribution in [0.5, 0.6) is 17.2 Å². The SMILES string of the molecule is CCC(C)(C)Oc1cc(Oc2ccc(C=O)nc2)cc(C(=O)OC)c1.CN(C)C. The van der Waals surface area contributed by atoms with Gasteiger partial charge in [0.1, 0.15) is 28.5 Å². The first-order valence-corrected chi connectivity index (χ1v) is 9.22. The fourth-order valence-electron chi connectivity index (χ4n) is 1.97. The predicted molar refractivity (Wildman–Crippen MR) is 112 cm³/mol. The van der Waals surface area contributed by atoms with Gasteiger partial charge in [-0.05, 0) is 65.7 Å². The van der Waals surface area contributed by atoms with E-state index >= 15 is 0 Å². The summed E-state index contributed by atoms with van der Waals surface area (Å²) in [6.45, 7) is 5.93. The van der Waals surface area contributed by atoms with Gasteiger partial charge in [0.15, 0.2) is 6.29 Å². The summed E-state index contributed by atoms with van der Waals surface area (Å²) in [5.41, 5.74) is 0.239. The highest BCUT2D eigenvalue weighted by molar-refractivity contribution is 5.90. The summed E-state index contributed by atoms with van der Waals surface area (Å²) in [6, 6.07) is 8.04. The van der Waals surface area contributed by atoms with Crippen molar-refractivity contribution >= 4 is 12.3 Å². The molecule has 2 rings (SSSR count). The number of carbonyl (C=O) groups is 2. The molecule has 1 heterocycles. The van der Waals surface area contributed by atoms with Crippen LogP contribution in [0.3, 0.4) is 0 Å². The average molecular weight is 402 g/mol. The average Bonchev–Trinajstić information content (AvgIpc) is 2.67. The van der Waals surface area contributed by atoms with Crippen molar-refractivity contribution in [3.63, 3.8) is 0 Å². The van der Waals surface area contributed by atoms with Gasteiger partial charge in [-0.15, -0.1) is 0 Å². The highest BCUT2D eigenvalue weighted by atomic mass is 16.5. The molecule has 0 aliphatic rings. The first-order valence-electron chi connectivity index (χ1n) is 9.22. The number of carbonyl (C=O) groups excluding carboxylic acids is 2. The van der Waals surface area contributed by atoms with E-state index in [4.69, 9.17) is 14.2 Å². The Hall–Kier alpha value is -2.93. The lowest BCUT2D eigenvalue weighted by Gasteiger charge is -2.25. The Bertz CT molecular complexity index is 799. The molecule has 0 spiro atoms. The number of methoxy groups -OCH3 is 1. The minimum absolute atomic E-state index is 0.310. The Morgan fingerprint density at radius 3 is 2.21 bits per heavy atom. The molecule has 0 N–H and O–H groups in total. The fourth-order valence-corrected chi connectivity index (χ4v) is 1.97. The molecule has 0 saturated carbocycles. The third-order valence-electron chi connectivity index (χ3n) is 3.66. The first kappa shape index (κ1) is 24.1. The molecular formula is C22H30N2O5. The van der Waals surface area contributed by atoms with Crippen molar-refractivity contribution in [1.82, 2.24) is 9.88 Å². The monoisotopic (exact) mass is 402 g/mol. The minimum atomic E-state index is -0.487. The van der Waals surface area contributed by atoms with Crippen LogP contribution in [0, 0.1) is 0 Å². The second-order valence-corrected chi connectivity index (χ2v) is 7.38. The highest BCUT2D eigenvalue weighted by Gasteiger charge is 2.19. The Morgan fingerprint density at radius 1 is 1.10 bits per heavy atom. The highest BCUT2D eigenvalue weighted by Crippen LogP contribution is 2.30. The molecule has 0 aliphatic heterocycles. The summed E-state index contributed by atoms with van der Waals surface area (Å²) in [7, 11) is 7.31. The summed E-state index contributed by atoms with van der Waals surface area (Å²) in [6.07, 6.45) is 2.88. The molecule has 158 valence electrons. The van der Waals surface area contributed by atoms with Gasteiger partial charge in [-0.25, -0.2) is 9.78 Å². The van der Waals surface area contributed by atoms with Crippen molar-refractivity contribution in [1.29, 1.82) is 0 Å². The van der Waals surface area contributed by atoms with Crippen LogP contribution in [0.4, 0.5) is 0 Å². The molecule has 0 saturated heterocycles. The zero-order valence-corrected chi connectivity index (χ0v) is 18.2. The van der Waals surface area contributed by atoms with Crippen molar-refractivity contribution in [2.75, 3.05) is 28.3 Å². The van der Waals surface area contributed by atoms with E-state index in [1.807, 2.05) is 46.8 Å². The van der Waals surface area contributed by atoms with E-state index in [0.717, 1.165) is 6.42 Å². The van der Waals surface area contributed by atoms with E-state index in [-0.39, 0.29) is 5.60 Å². The van der Waals surface area contributed by atoms with Crippen LogP contribution in [0.15, 0.2) is 36.5 Å². The van der Waals surface area contributed by atoms with E-state index in [1.165, 1.54) is 13.3 Å². The van der Waals surface area contributed by atoms with E-state index in [0.29, 0.717) is 34.8 Å². The van der Waals surface area contributed by atoms with Crippen molar-refractivity contribution in [2.45, 2.75) is 32.8 Å². The molecular weight excluding hydrogens is 372 g/mol. The second-order valence-electron chi connectivity index (χ2n) is 7.38. The Kier molecular flexibility index (Phi) is 9.28. The van der Waals surface area contributed by atoms with Crippen LogP contribution in [0.1, 0.15) is 48.0 Å². The first-order chi connectivity index (χ1) is 13.6. The number of esters is 1. The number of ether oxygens (including phenoxy) is 3. The third kappa shape index (κ3) is 8.74. The van der Waals surface area contributed by atoms with Crippen LogP contribution < -0.4 is 9.47 Å². The molecule has 29 heavy (non-hydrogen) atoms. The van der Waals surface area contributed by atoms with Gasteiger partial charge in [0.05, 0.1) is 18.9 Å². The number of aromatic nitrogens is 1. The van der Waals surface area contributed by atoms with Gasteiger partial charge in [-0.1, -0.05) is 6.92 Å². The van der Waals surface area contributed by atoms with Gasteiger partial charge in [0, 0.05) is 6.07 Å². The molecule has 0 bridgehead atoms. The summed E-state index contributed by atoms with van der Waals surface area (Å²) < 4.78 is 16.5. The fraction of sp³-hybridized carbons (Fsp3) is 0.409. The minimum Gasteiger partial charge on any atom is -0.488 e. The number of rotatable bonds is 7. The van der Waals surface area contributed by atoms with E-state index in [9.17, 15) is 9.59 Å². The van der Waals surface area contributed by atoms with Crippen LogP contribution in [-0.4, -0.2) is 56.0 Å². The summed E-state index contributed by atoms with van der Waals surface area (Å²) in [5, 5.41) is 0. The van der Waals surface area contributed by atoms with Crippen LogP contribution in [0.2, 0.25) is 0 Å². The van der Waals surface area contributed by atoms with Crippen LogP contribution >= 0.6 is 0 Å². The van der Waals surface area contributed by atoms with Gasteiger partial charge < -0.3 is 19.1 Å². The molecule has 7 nitrogen and oxygen atoms in total. The van der Waals surface area contributed by atoms with Crippen molar-refractivity contribution < 1.29 is 23.8 Å². The summed E-state index contributed by atoms with van der Waals surface area (Å²) in [4.78, 5) is 28.5. The molecule has 0 radical (unpaired) electrons. The summed E-state index contributed by atoms with van der Waals surface area (Å²) in [5.74, 6) is 0.861. The largest absolute Gasteiger partial charge is 0.488 e. The van der Waals surface area contributed by atoms with E-state index in [2.05, 4.69) is 4.98 Å². The standard InChI is InChI=1S/C19H21NO5.C3H9N/c1-5-19(2,3)25-17-9-13(18(22)23-4)8-16(10-17)24-15-7-6-14(12-21)20-11-15;1-4(2)3/h6-12H,5H2,1-4H3;1-3H3. The molecule has 0 unspecified atom stereocenters. The third-order valence-corrected chi connectivity index (χ3v) is 3.66. The number of pyridine rings is 1. The maximum atomic E-state index is 11.9.